The van der Waals surface area contributed by atoms with Crippen LogP contribution in [0.3, 0.4) is 0 Å². The van der Waals surface area contributed by atoms with Gasteiger partial charge in [-0.3, -0.25) is 10.1 Å². The van der Waals surface area contributed by atoms with E-state index in [1.54, 1.807) is 6.20 Å². The number of hydrogen-bond donors (Lipinski definition) is 1. The van der Waals surface area contributed by atoms with E-state index < -0.39 is 10.9 Å². The van der Waals surface area contributed by atoms with Crippen LogP contribution in [0.4, 0.5) is 11.4 Å². The van der Waals surface area contributed by atoms with Gasteiger partial charge in [-0.15, -0.1) is 11.3 Å². The number of nitrogens with one attached hydrogen (secondary N) is 1. The Bertz CT molecular complexity index is 689. The van der Waals surface area contributed by atoms with Crippen molar-refractivity contribution in [2.45, 2.75) is 6.54 Å². The molecular weight excluding hydrogens is 318 g/mol. The number of carbonyl (C=O) groups is 1. The number of rotatable bonds is 5. The van der Waals surface area contributed by atoms with Gasteiger partial charge in [-0.1, -0.05) is 17.7 Å². The Morgan fingerprint density at radius 3 is 2.90 bits per heavy atom. The van der Waals surface area contributed by atoms with Crippen LogP contribution in [0, 0.1) is 10.1 Å². The van der Waals surface area contributed by atoms with Crippen LogP contribution in [-0.2, 0) is 11.3 Å². The van der Waals surface area contributed by atoms with Gasteiger partial charge >= 0.3 is 5.97 Å². The van der Waals surface area contributed by atoms with E-state index >= 15 is 0 Å². The molecule has 0 aliphatic carbocycles. The molecule has 0 bridgehead atoms. The highest BCUT2D eigenvalue weighted by molar-refractivity contribution is 7.15. The first-order valence-corrected chi connectivity index (χ1v) is 6.92. The van der Waals surface area contributed by atoms with Gasteiger partial charge in [0.25, 0.3) is 5.69 Å². The van der Waals surface area contributed by atoms with Crippen molar-refractivity contribution in [3.8, 4) is 0 Å². The van der Waals surface area contributed by atoms with Gasteiger partial charge in [0.15, 0.2) is 4.47 Å². The average Bonchev–Trinajstić information content (AvgIpc) is 2.89. The van der Waals surface area contributed by atoms with E-state index in [0.29, 0.717) is 4.47 Å². The summed E-state index contributed by atoms with van der Waals surface area (Å²) >= 11 is 6.97. The Morgan fingerprint density at radius 2 is 2.33 bits per heavy atom. The maximum atomic E-state index is 11.7. The van der Waals surface area contributed by atoms with Gasteiger partial charge < -0.3 is 10.1 Å². The second-order valence-corrected chi connectivity index (χ2v) is 5.58. The molecule has 1 aromatic carbocycles. The van der Waals surface area contributed by atoms with Crippen molar-refractivity contribution in [1.82, 2.24) is 4.98 Å². The van der Waals surface area contributed by atoms with Crippen LogP contribution in [-0.4, -0.2) is 23.0 Å². The molecule has 110 valence electrons. The third-order valence-corrected chi connectivity index (χ3v) is 3.72. The third kappa shape index (κ3) is 3.47. The molecule has 0 spiro atoms. The first-order chi connectivity index (χ1) is 10.0. The Kier molecular flexibility index (Phi) is 4.71. The summed E-state index contributed by atoms with van der Waals surface area (Å²) in [7, 11) is 1.22. The number of halogens is 1. The summed E-state index contributed by atoms with van der Waals surface area (Å²) in [6.07, 6.45) is 1.56. The zero-order valence-corrected chi connectivity index (χ0v) is 12.4. The van der Waals surface area contributed by atoms with Crippen LogP contribution in [0.25, 0.3) is 0 Å². The number of methoxy groups -OCH3 is 1. The standard InChI is InChI=1S/C12H10ClN3O4S/c1-20-11(17)8-3-2-4-9(16(18)19)10(8)14-5-7-6-15-12(13)21-7/h2-4,6,14H,5H2,1H3. The van der Waals surface area contributed by atoms with E-state index in [0.717, 1.165) is 4.88 Å². The smallest absolute Gasteiger partial charge is 0.340 e. The third-order valence-electron chi connectivity index (χ3n) is 2.61. The van der Waals surface area contributed by atoms with E-state index in [4.69, 9.17) is 11.6 Å². The van der Waals surface area contributed by atoms with Crippen LogP contribution in [0.1, 0.15) is 15.2 Å². The largest absolute Gasteiger partial charge is 0.465 e. The highest BCUT2D eigenvalue weighted by Gasteiger charge is 2.22. The van der Waals surface area contributed by atoms with Crippen molar-refractivity contribution in [2.24, 2.45) is 0 Å². The molecule has 7 nitrogen and oxygen atoms in total. The number of esters is 1. The normalized spacial score (nSPS) is 10.2. The molecule has 0 aliphatic rings. The van der Waals surface area contributed by atoms with Gasteiger partial charge in [-0.05, 0) is 6.07 Å². The lowest BCUT2D eigenvalue weighted by Gasteiger charge is -2.10. The van der Waals surface area contributed by atoms with E-state index in [-0.39, 0.29) is 23.5 Å². The van der Waals surface area contributed by atoms with Crippen LogP contribution in [0.2, 0.25) is 4.47 Å². The summed E-state index contributed by atoms with van der Waals surface area (Å²) in [5.74, 6) is -0.650. The Balaban J connectivity index is 2.34. The molecule has 1 heterocycles. The lowest BCUT2D eigenvalue weighted by Crippen LogP contribution is -2.10. The minimum absolute atomic E-state index is 0.0994. The second kappa shape index (κ2) is 6.51. The van der Waals surface area contributed by atoms with Crippen molar-refractivity contribution >= 4 is 40.3 Å². The fourth-order valence-electron chi connectivity index (χ4n) is 1.70. The molecule has 1 N–H and O–H groups in total. The summed E-state index contributed by atoms with van der Waals surface area (Å²) < 4.78 is 5.01. The Labute approximate surface area is 128 Å². The predicted octanol–water partition coefficient (Wildman–Crippen LogP) is 3.10. The maximum Gasteiger partial charge on any atom is 0.340 e. The number of nitro benzene ring substituents is 1. The number of nitro groups is 1. The van der Waals surface area contributed by atoms with E-state index in [1.165, 1.54) is 36.6 Å². The molecule has 9 heteroatoms. The average molecular weight is 328 g/mol. The maximum absolute atomic E-state index is 11.7. The molecule has 0 aliphatic heterocycles. The second-order valence-electron chi connectivity index (χ2n) is 3.88. The minimum Gasteiger partial charge on any atom is -0.465 e. The lowest BCUT2D eigenvalue weighted by molar-refractivity contribution is -0.384. The van der Waals surface area contributed by atoms with Gasteiger partial charge in [0.2, 0.25) is 0 Å². The molecule has 0 fully saturated rings. The Hall–Kier alpha value is -2.19. The molecule has 2 rings (SSSR count). The van der Waals surface area contributed by atoms with Gasteiger partial charge in [-0.2, -0.15) is 0 Å². The molecule has 0 radical (unpaired) electrons. The number of hydrogen-bond acceptors (Lipinski definition) is 7. The van der Waals surface area contributed by atoms with Crippen LogP contribution >= 0.6 is 22.9 Å². The van der Waals surface area contributed by atoms with Crippen LogP contribution in [0.15, 0.2) is 24.4 Å². The molecule has 0 saturated heterocycles. The van der Waals surface area contributed by atoms with Gasteiger partial charge in [0, 0.05) is 17.1 Å². The first-order valence-electron chi connectivity index (χ1n) is 5.72. The molecule has 21 heavy (non-hydrogen) atoms. The molecule has 1 aromatic heterocycles. The van der Waals surface area contributed by atoms with Crippen molar-refractivity contribution in [2.75, 3.05) is 12.4 Å². The topological polar surface area (TPSA) is 94.4 Å². The number of ether oxygens (including phenoxy) is 1. The fourth-order valence-corrected chi connectivity index (χ4v) is 2.62. The molecule has 0 atom stereocenters. The van der Waals surface area contributed by atoms with E-state index in [1.807, 2.05) is 0 Å². The number of anilines is 1. The Morgan fingerprint density at radius 1 is 1.57 bits per heavy atom. The van der Waals surface area contributed by atoms with Crippen molar-refractivity contribution in [3.63, 3.8) is 0 Å². The number of para-hydroxylation sites is 1. The molecule has 2 aromatic rings. The zero-order valence-electron chi connectivity index (χ0n) is 10.8. The van der Waals surface area contributed by atoms with Gasteiger partial charge in [0.05, 0.1) is 24.1 Å². The number of carbonyl (C=O) groups excluding carboxylic acids is 1. The number of nitrogens with zero attached hydrogens (tertiary/aromatic N) is 2. The highest BCUT2D eigenvalue weighted by atomic mass is 35.5. The summed E-state index contributed by atoms with van der Waals surface area (Å²) in [5.41, 5.74) is 0.00898. The molecular formula is C12H10ClN3O4S. The van der Waals surface area contributed by atoms with Gasteiger partial charge in [0.1, 0.15) is 5.69 Å². The monoisotopic (exact) mass is 327 g/mol. The van der Waals surface area contributed by atoms with E-state index in [9.17, 15) is 14.9 Å². The minimum atomic E-state index is -0.650. The number of benzene rings is 1. The summed E-state index contributed by atoms with van der Waals surface area (Å²) in [6.45, 7) is 0.263. The molecule has 0 saturated carbocycles. The zero-order chi connectivity index (χ0) is 15.4. The van der Waals surface area contributed by atoms with E-state index in [2.05, 4.69) is 15.0 Å². The van der Waals surface area contributed by atoms with Crippen molar-refractivity contribution in [1.29, 1.82) is 0 Å². The summed E-state index contributed by atoms with van der Waals surface area (Å²) in [6, 6.07) is 4.20. The highest BCUT2D eigenvalue weighted by Crippen LogP contribution is 2.30. The molecule has 0 amide bonds. The lowest BCUT2D eigenvalue weighted by atomic mass is 10.1. The quantitative estimate of drug-likeness (QED) is 0.515. The van der Waals surface area contributed by atoms with Crippen LogP contribution < -0.4 is 5.32 Å². The first kappa shape index (κ1) is 15.2. The fraction of sp³-hybridized carbons (Fsp3) is 0.167. The van der Waals surface area contributed by atoms with Crippen LogP contribution in [0.5, 0.6) is 0 Å². The van der Waals surface area contributed by atoms with Crippen molar-refractivity contribution in [3.05, 3.63) is 49.4 Å². The SMILES string of the molecule is COC(=O)c1cccc([N+](=O)[O-])c1NCc1cnc(Cl)s1. The predicted molar refractivity (Wildman–Crippen MR) is 78.9 cm³/mol. The van der Waals surface area contributed by atoms with Crippen molar-refractivity contribution < 1.29 is 14.5 Å². The summed E-state index contributed by atoms with van der Waals surface area (Å²) in [5, 5.41) is 14.0. The molecule has 0 unspecified atom stereocenters. The number of aromatic nitrogens is 1. The summed E-state index contributed by atoms with van der Waals surface area (Å²) in [4.78, 5) is 26.9. The number of thiazole rings is 1. The van der Waals surface area contributed by atoms with Gasteiger partial charge in [-0.25, -0.2) is 9.78 Å².